The Labute approximate surface area is 113 Å². The molecule has 1 atom stereocenters. The summed E-state index contributed by atoms with van der Waals surface area (Å²) in [7, 11) is 0. The summed E-state index contributed by atoms with van der Waals surface area (Å²) in [5, 5.41) is 4.96. The van der Waals surface area contributed by atoms with Crippen LogP contribution < -0.4 is 5.32 Å². The quantitative estimate of drug-likeness (QED) is 0.889. The molecule has 1 saturated heterocycles. The summed E-state index contributed by atoms with van der Waals surface area (Å²) in [4.78, 5) is 6.05. The molecule has 0 aromatic carbocycles. The van der Waals surface area contributed by atoms with E-state index in [4.69, 9.17) is 9.72 Å². The second-order valence-electron chi connectivity index (χ2n) is 5.88. The monoisotopic (exact) mass is 266 g/mol. The summed E-state index contributed by atoms with van der Waals surface area (Å²) in [5.41, 5.74) is 1.48. The number of ether oxygens (including phenoxy) is 1. The molecule has 1 aliphatic heterocycles. The average molecular weight is 266 g/mol. The number of nitrogens with zero attached hydrogens (tertiary/aromatic N) is 1. The maximum Gasteiger partial charge on any atom is 0.0937 e. The Morgan fingerprint density at radius 3 is 2.83 bits per heavy atom. The van der Waals surface area contributed by atoms with Crippen LogP contribution in [0.5, 0.6) is 0 Å². The molecule has 1 aliphatic carbocycles. The standard InChI is InChI=1S/C14H22N2OS/c1-10-11(2)18-13(16-10)7-14(5-6-17-9-14)8-15-12-3-4-12/h12,15H,3-9H2,1-2H3. The summed E-state index contributed by atoms with van der Waals surface area (Å²) in [6.45, 7) is 7.17. The highest BCUT2D eigenvalue weighted by Crippen LogP contribution is 2.35. The summed E-state index contributed by atoms with van der Waals surface area (Å²) in [6, 6.07) is 0.780. The number of aryl methyl sites for hydroxylation is 2. The Hall–Kier alpha value is -0.450. The molecular weight excluding hydrogens is 244 g/mol. The smallest absolute Gasteiger partial charge is 0.0937 e. The van der Waals surface area contributed by atoms with E-state index in [1.807, 2.05) is 11.3 Å². The maximum atomic E-state index is 5.66. The summed E-state index contributed by atoms with van der Waals surface area (Å²) in [5.74, 6) is 0. The molecule has 2 aliphatic rings. The lowest BCUT2D eigenvalue weighted by Crippen LogP contribution is -2.37. The lowest BCUT2D eigenvalue weighted by molar-refractivity contribution is 0.149. The van der Waals surface area contributed by atoms with E-state index in [1.54, 1.807) is 0 Å². The van der Waals surface area contributed by atoms with Gasteiger partial charge in [-0.05, 0) is 33.1 Å². The lowest BCUT2D eigenvalue weighted by atomic mass is 9.84. The fourth-order valence-corrected chi connectivity index (χ4v) is 3.68. The third-order valence-electron chi connectivity index (χ3n) is 4.13. The molecule has 0 amide bonds. The molecule has 0 radical (unpaired) electrons. The Balaban J connectivity index is 1.68. The molecule has 1 saturated carbocycles. The van der Waals surface area contributed by atoms with E-state index in [0.29, 0.717) is 5.41 Å². The minimum absolute atomic E-state index is 0.291. The Morgan fingerprint density at radius 1 is 1.44 bits per heavy atom. The number of aromatic nitrogens is 1. The second-order valence-corrected chi connectivity index (χ2v) is 7.17. The van der Waals surface area contributed by atoms with Crippen molar-refractivity contribution in [3.63, 3.8) is 0 Å². The summed E-state index contributed by atoms with van der Waals surface area (Å²) in [6.07, 6.45) is 4.95. The van der Waals surface area contributed by atoms with Crippen molar-refractivity contribution in [2.45, 2.75) is 45.6 Å². The van der Waals surface area contributed by atoms with Gasteiger partial charge in [-0.15, -0.1) is 11.3 Å². The van der Waals surface area contributed by atoms with Gasteiger partial charge in [0.15, 0.2) is 0 Å². The van der Waals surface area contributed by atoms with Gasteiger partial charge in [0.1, 0.15) is 0 Å². The molecule has 0 spiro atoms. The molecule has 2 fully saturated rings. The summed E-state index contributed by atoms with van der Waals surface area (Å²) >= 11 is 1.86. The van der Waals surface area contributed by atoms with Gasteiger partial charge in [0.2, 0.25) is 0 Å². The minimum atomic E-state index is 0.291. The Bertz CT molecular complexity index is 400. The molecule has 3 nitrogen and oxygen atoms in total. The highest BCUT2D eigenvalue weighted by atomic mass is 32.1. The first kappa shape index (κ1) is 12.6. The van der Waals surface area contributed by atoms with E-state index >= 15 is 0 Å². The molecule has 1 N–H and O–H groups in total. The zero-order chi connectivity index (χ0) is 12.6. The van der Waals surface area contributed by atoms with Gasteiger partial charge >= 0.3 is 0 Å². The first-order chi connectivity index (χ1) is 8.67. The van der Waals surface area contributed by atoms with Gasteiger partial charge in [0.25, 0.3) is 0 Å². The Morgan fingerprint density at radius 2 is 2.28 bits per heavy atom. The van der Waals surface area contributed by atoms with Crippen LogP contribution in [0.1, 0.15) is 34.8 Å². The highest BCUT2D eigenvalue weighted by Gasteiger charge is 2.37. The molecular formula is C14H22N2OS. The van der Waals surface area contributed by atoms with Crippen LogP contribution in [0.4, 0.5) is 0 Å². The first-order valence-electron chi connectivity index (χ1n) is 6.91. The van der Waals surface area contributed by atoms with E-state index in [9.17, 15) is 0 Å². The molecule has 4 heteroatoms. The van der Waals surface area contributed by atoms with Crippen molar-refractivity contribution in [2.24, 2.45) is 5.41 Å². The fourth-order valence-electron chi connectivity index (χ4n) is 2.57. The second kappa shape index (κ2) is 4.91. The van der Waals surface area contributed by atoms with Crippen molar-refractivity contribution in [1.29, 1.82) is 0 Å². The normalized spacial score (nSPS) is 27.9. The van der Waals surface area contributed by atoms with Crippen LogP contribution in [0.2, 0.25) is 0 Å². The summed E-state index contributed by atoms with van der Waals surface area (Å²) < 4.78 is 5.66. The van der Waals surface area contributed by atoms with Crippen LogP contribution in [-0.4, -0.2) is 30.8 Å². The van der Waals surface area contributed by atoms with Crippen LogP contribution in [0.3, 0.4) is 0 Å². The molecule has 2 heterocycles. The largest absolute Gasteiger partial charge is 0.381 e. The fraction of sp³-hybridized carbons (Fsp3) is 0.786. The van der Waals surface area contributed by atoms with Crippen LogP contribution in [0.25, 0.3) is 0 Å². The first-order valence-corrected chi connectivity index (χ1v) is 7.73. The van der Waals surface area contributed by atoms with E-state index < -0.39 is 0 Å². The number of rotatable bonds is 5. The van der Waals surface area contributed by atoms with Crippen molar-refractivity contribution in [1.82, 2.24) is 10.3 Å². The van der Waals surface area contributed by atoms with Gasteiger partial charge in [0, 0.05) is 35.9 Å². The maximum absolute atomic E-state index is 5.66. The van der Waals surface area contributed by atoms with Crippen molar-refractivity contribution in [2.75, 3.05) is 19.8 Å². The molecule has 18 heavy (non-hydrogen) atoms. The van der Waals surface area contributed by atoms with Crippen molar-refractivity contribution in [3.8, 4) is 0 Å². The molecule has 3 rings (SSSR count). The minimum Gasteiger partial charge on any atom is -0.381 e. The van der Waals surface area contributed by atoms with Gasteiger partial charge in [-0.1, -0.05) is 0 Å². The van der Waals surface area contributed by atoms with E-state index in [1.165, 1.54) is 34.8 Å². The van der Waals surface area contributed by atoms with Crippen LogP contribution in [0.15, 0.2) is 0 Å². The predicted molar refractivity (Wildman–Crippen MR) is 74.2 cm³/mol. The van der Waals surface area contributed by atoms with E-state index in [2.05, 4.69) is 19.2 Å². The van der Waals surface area contributed by atoms with E-state index in [0.717, 1.165) is 32.2 Å². The lowest BCUT2D eigenvalue weighted by Gasteiger charge is -2.26. The SMILES string of the molecule is Cc1nc(CC2(CNC3CC3)CCOC2)sc1C. The molecule has 1 unspecified atom stereocenters. The van der Waals surface area contributed by atoms with Gasteiger partial charge in [-0.2, -0.15) is 0 Å². The highest BCUT2D eigenvalue weighted by molar-refractivity contribution is 7.11. The number of hydrogen-bond donors (Lipinski definition) is 1. The average Bonchev–Trinajstić information content (AvgIpc) is 2.98. The van der Waals surface area contributed by atoms with E-state index in [-0.39, 0.29) is 0 Å². The van der Waals surface area contributed by atoms with Crippen LogP contribution >= 0.6 is 11.3 Å². The van der Waals surface area contributed by atoms with Gasteiger partial charge in [-0.3, -0.25) is 0 Å². The predicted octanol–water partition coefficient (Wildman–Crippen LogP) is 2.46. The third-order valence-corrected chi connectivity index (χ3v) is 5.20. The van der Waals surface area contributed by atoms with Crippen molar-refractivity contribution in [3.05, 3.63) is 15.6 Å². The number of nitrogens with one attached hydrogen (secondary N) is 1. The zero-order valence-corrected chi connectivity index (χ0v) is 12.1. The number of hydrogen-bond acceptors (Lipinski definition) is 4. The molecule has 1 aromatic heterocycles. The number of thiazole rings is 1. The van der Waals surface area contributed by atoms with Crippen LogP contribution in [-0.2, 0) is 11.2 Å². The topological polar surface area (TPSA) is 34.2 Å². The van der Waals surface area contributed by atoms with Gasteiger partial charge in [0.05, 0.1) is 17.3 Å². The van der Waals surface area contributed by atoms with Crippen molar-refractivity contribution >= 4 is 11.3 Å². The van der Waals surface area contributed by atoms with Crippen molar-refractivity contribution < 1.29 is 4.74 Å². The van der Waals surface area contributed by atoms with Gasteiger partial charge < -0.3 is 10.1 Å². The molecule has 100 valence electrons. The molecule has 1 aromatic rings. The zero-order valence-electron chi connectivity index (χ0n) is 11.3. The Kier molecular flexibility index (Phi) is 3.43. The third kappa shape index (κ3) is 2.76. The van der Waals surface area contributed by atoms with Crippen LogP contribution in [0, 0.1) is 19.3 Å². The van der Waals surface area contributed by atoms with Gasteiger partial charge in [-0.25, -0.2) is 4.98 Å². The molecule has 0 bridgehead atoms.